The lowest BCUT2D eigenvalue weighted by Gasteiger charge is -2.34. The summed E-state index contributed by atoms with van der Waals surface area (Å²) in [7, 11) is 2.15. The van der Waals surface area contributed by atoms with Crippen LogP contribution in [0.2, 0.25) is 0 Å². The quantitative estimate of drug-likeness (QED) is 0.819. The number of likely N-dealkylation sites (N-methyl/N-ethyl adjacent to an activating group) is 1. The number of piperazine rings is 1. The fourth-order valence-corrected chi connectivity index (χ4v) is 5.12. The minimum absolute atomic E-state index is 0.0146. The fraction of sp³-hybridized carbons (Fsp3) is 0.480. The molecule has 5 heteroatoms. The molecule has 0 spiro atoms. The normalized spacial score (nSPS) is 20.1. The number of carbonyl (C=O) groups excluding carboxylic acids is 1. The van der Waals surface area contributed by atoms with Gasteiger partial charge in [-0.15, -0.1) is 0 Å². The molecule has 2 aromatic carbocycles. The maximum Gasteiger partial charge on any atom is 0.252 e. The number of fused-ring (bicyclic) bond motifs is 1. The van der Waals surface area contributed by atoms with Gasteiger partial charge in [-0.1, -0.05) is 12.1 Å². The monoisotopic (exact) mass is 405 g/mol. The van der Waals surface area contributed by atoms with E-state index in [1.54, 1.807) is 0 Å². The summed E-state index contributed by atoms with van der Waals surface area (Å²) < 4.78 is 0. The lowest BCUT2D eigenvalue weighted by molar-refractivity contribution is 0.0930. The van der Waals surface area contributed by atoms with Crippen LogP contribution in [0.25, 0.3) is 0 Å². The molecule has 1 heterocycles. The van der Waals surface area contributed by atoms with E-state index in [9.17, 15) is 9.90 Å². The molecule has 2 fully saturated rings. The third-order valence-electron chi connectivity index (χ3n) is 7.21. The van der Waals surface area contributed by atoms with Crippen molar-refractivity contribution in [3.8, 4) is 5.75 Å². The molecule has 5 rings (SSSR count). The second-order valence-corrected chi connectivity index (χ2v) is 9.27. The van der Waals surface area contributed by atoms with Gasteiger partial charge in [0.25, 0.3) is 5.91 Å². The van der Waals surface area contributed by atoms with Crippen LogP contribution in [0.3, 0.4) is 0 Å². The lowest BCUT2D eigenvalue weighted by atomic mass is 9.94. The zero-order chi connectivity index (χ0) is 20.9. The number of benzene rings is 2. The van der Waals surface area contributed by atoms with Gasteiger partial charge in [0.2, 0.25) is 0 Å². The highest BCUT2D eigenvalue weighted by molar-refractivity contribution is 5.97. The van der Waals surface area contributed by atoms with Crippen molar-refractivity contribution in [2.75, 3.05) is 38.1 Å². The van der Waals surface area contributed by atoms with Crippen molar-refractivity contribution in [1.29, 1.82) is 0 Å². The molecular weight excluding hydrogens is 374 g/mol. The standard InChI is InChI=1S/C25H31N3O2/c1-17-6-7-18(28-14-12-27(2)13-15-28)16-21(17)24(30)26-25(10-11-25)22-8-9-23(29)20-5-3-4-19(20)22/h6-9,16,29H,3-5,10-15H2,1-2H3,(H,26,30). The van der Waals surface area contributed by atoms with Gasteiger partial charge in [-0.3, -0.25) is 4.79 Å². The van der Waals surface area contributed by atoms with Crippen LogP contribution in [0.4, 0.5) is 5.69 Å². The van der Waals surface area contributed by atoms with E-state index in [-0.39, 0.29) is 11.4 Å². The second kappa shape index (κ2) is 7.31. The first kappa shape index (κ1) is 19.4. The number of phenolic OH excluding ortho intramolecular Hbond substituents is 1. The molecule has 158 valence electrons. The van der Waals surface area contributed by atoms with Crippen molar-refractivity contribution >= 4 is 11.6 Å². The Morgan fingerprint density at radius 2 is 1.77 bits per heavy atom. The van der Waals surface area contributed by atoms with Crippen molar-refractivity contribution in [2.45, 2.75) is 44.6 Å². The Morgan fingerprint density at radius 3 is 2.50 bits per heavy atom. The van der Waals surface area contributed by atoms with E-state index in [2.05, 4.69) is 40.4 Å². The molecule has 30 heavy (non-hydrogen) atoms. The highest BCUT2D eigenvalue weighted by Gasteiger charge is 2.48. The Morgan fingerprint density at radius 1 is 1.03 bits per heavy atom. The van der Waals surface area contributed by atoms with Crippen LogP contribution in [-0.2, 0) is 18.4 Å². The number of phenols is 1. The number of hydrogen-bond acceptors (Lipinski definition) is 4. The van der Waals surface area contributed by atoms with Crippen LogP contribution in [0.1, 0.15) is 51.9 Å². The number of anilines is 1. The first-order valence-corrected chi connectivity index (χ1v) is 11.2. The average Bonchev–Trinajstić information content (AvgIpc) is 3.33. The molecule has 0 atom stereocenters. The third kappa shape index (κ3) is 3.35. The van der Waals surface area contributed by atoms with Gasteiger partial charge >= 0.3 is 0 Å². The van der Waals surface area contributed by atoms with Gasteiger partial charge in [-0.05, 0) is 86.5 Å². The van der Waals surface area contributed by atoms with E-state index >= 15 is 0 Å². The smallest absolute Gasteiger partial charge is 0.252 e. The zero-order valence-corrected chi connectivity index (χ0v) is 18.0. The summed E-state index contributed by atoms with van der Waals surface area (Å²) in [5, 5.41) is 13.6. The molecule has 5 nitrogen and oxygen atoms in total. The molecule has 1 aliphatic heterocycles. The van der Waals surface area contributed by atoms with E-state index < -0.39 is 0 Å². The molecule has 1 amide bonds. The molecule has 1 saturated heterocycles. The van der Waals surface area contributed by atoms with Crippen LogP contribution in [0.5, 0.6) is 5.75 Å². The van der Waals surface area contributed by atoms with E-state index in [1.165, 1.54) is 11.1 Å². The number of rotatable bonds is 4. The summed E-state index contributed by atoms with van der Waals surface area (Å²) in [4.78, 5) is 18.1. The van der Waals surface area contributed by atoms with E-state index in [4.69, 9.17) is 0 Å². The number of aromatic hydroxyl groups is 1. The average molecular weight is 406 g/mol. The fourth-order valence-electron chi connectivity index (χ4n) is 5.12. The third-order valence-corrected chi connectivity index (χ3v) is 7.21. The number of carbonyl (C=O) groups is 1. The molecule has 2 N–H and O–H groups in total. The molecule has 0 aromatic heterocycles. The Kier molecular flexibility index (Phi) is 4.73. The van der Waals surface area contributed by atoms with E-state index in [1.807, 2.05) is 19.1 Å². The van der Waals surface area contributed by atoms with Gasteiger partial charge in [0.15, 0.2) is 0 Å². The summed E-state index contributed by atoms with van der Waals surface area (Å²) in [5.74, 6) is 0.421. The Labute approximate surface area is 178 Å². The molecule has 2 aromatic rings. The first-order chi connectivity index (χ1) is 14.5. The Balaban J connectivity index is 1.40. The highest BCUT2D eigenvalue weighted by Crippen LogP contribution is 2.50. The van der Waals surface area contributed by atoms with Crippen molar-refractivity contribution in [2.24, 2.45) is 0 Å². The first-order valence-electron chi connectivity index (χ1n) is 11.2. The summed E-state index contributed by atoms with van der Waals surface area (Å²) >= 11 is 0. The van der Waals surface area contributed by atoms with Gasteiger partial charge in [0.1, 0.15) is 5.75 Å². The Bertz CT molecular complexity index is 988. The number of hydrogen-bond donors (Lipinski definition) is 2. The predicted octanol–water partition coefficient (Wildman–Crippen LogP) is 3.36. The van der Waals surface area contributed by atoms with Crippen molar-refractivity contribution in [3.63, 3.8) is 0 Å². The summed E-state index contributed by atoms with van der Waals surface area (Å²) in [6.07, 6.45) is 4.94. The maximum absolute atomic E-state index is 13.4. The van der Waals surface area contributed by atoms with Crippen LogP contribution in [0, 0.1) is 6.92 Å². The van der Waals surface area contributed by atoms with Gasteiger partial charge in [0.05, 0.1) is 5.54 Å². The SMILES string of the molecule is Cc1ccc(N2CCN(C)CC2)cc1C(=O)NC1(c2ccc(O)c3c2CCC3)CC1. The van der Waals surface area contributed by atoms with Crippen molar-refractivity contribution in [3.05, 3.63) is 58.1 Å². The molecule has 0 radical (unpaired) electrons. The number of nitrogens with zero attached hydrogens (tertiary/aromatic N) is 2. The van der Waals surface area contributed by atoms with Crippen molar-refractivity contribution < 1.29 is 9.90 Å². The van der Waals surface area contributed by atoms with E-state index in [0.29, 0.717) is 5.75 Å². The minimum Gasteiger partial charge on any atom is -0.508 e. The maximum atomic E-state index is 13.4. The number of amides is 1. The Hall–Kier alpha value is -2.53. The molecule has 1 saturated carbocycles. The predicted molar refractivity (Wildman–Crippen MR) is 119 cm³/mol. The summed E-state index contributed by atoms with van der Waals surface area (Å²) in [5.41, 5.74) is 6.21. The second-order valence-electron chi connectivity index (χ2n) is 9.27. The number of aryl methyl sites for hydroxylation is 1. The molecule has 0 unspecified atom stereocenters. The van der Waals surface area contributed by atoms with Crippen molar-refractivity contribution in [1.82, 2.24) is 10.2 Å². The zero-order valence-electron chi connectivity index (χ0n) is 18.0. The number of nitrogens with one attached hydrogen (secondary N) is 1. The molecular formula is C25H31N3O2. The molecule has 3 aliphatic rings. The minimum atomic E-state index is -0.268. The largest absolute Gasteiger partial charge is 0.508 e. The van der Waals surface area contributed by atoms with Gasteiger partial charge in [-0.25, -0.2) is 0 Å². The van der Waals surface area contributed by atoms with Gasteiger partial charge < -0.3 is 20.2 Å². The summed E-state index contributed by atoms with van der Waals surface area (Å²) in [6, 6.07) is 10.1. The lowest BCUT2D eigenvalue weighted by Crippen LogP contribution is -2.44. The van der Waals surface area contributed by atoms with E-state index in [0.717, 1.165) is 80.7 Å². The van der Waals surface area contributed by atoms with Crippen LogP contribution < -0.4 is 10.2 Å². The van der Waals surface area contributed by atoms with Gasteiger partial charge in [0, 0.05) is 37.4 Å². The highest BCUT2D eigenvalue weighted by atomic mass is 16.3. The van der Waals surface area contributed by atoms with Crippen LogP contribution in [0.15, 0.2) is 30.3 Å². The van der Waals surface area contributed by atoms with Crippen LogP contribution in [-0.4, -0.2) is 49.1 Å². The molecule has 0 bridgehead atoms. The summed E-state index contributed by atoms with van der Waals surface area (Å²) in [6.45, 7) is 6.09. The van der Waals surface area contributed by atoms with Crippen LogP contribution >= 0.6 is 0 Å². The topological polar surface area (TPSA) is 55.8 Å². The van der Waals surface area contributed by atoms with Gasteiger partial charge in [-0.2, -0.15) is 0 Å². The molecule has 2 aliphatic carbocycles.